The van der Waals surface area contributed by atoms with Gasteiger partial charge >= 0.3 is 6.18 Å². The molecule has 3 aromatic rings. The molecule has 0 spiro atoms. The first-order valence-corrected chi connectivity index (χ1v) is 7.88. The quantitative estimate of drug-likeness (QED) is 0.572. The molecule has 0 aliphatic carbocycles. The van der Waals surface area contributed by atoms with Gasteiger partial charge in [0.05, 0.1) is 32.4 Å². The Morgan fingerprint density at radius 3 is 2.42 bits per heavy atom. The van der Waals surface area contributed by atoms with E-state index in [1.807, 2.05) is 0 Å². The third-order valence-electron chi connectivity index (χ3n) is 3.70. The van der Waals surface area contributed by atoms with Crippen molar-refractivity contribution in [2.75, 3.05) is 0 Å². The van der Waals surface area contributed by atoms with Gasteiger partial charge in [-0.05, 0) is 32.0 Å². The van der Waals surface area contributed by atoms with Crippen molar-refractivity contribution in [3.8, 4) is 11.3 Å². The zero-order chi connectivity index (χ0) is 17.6. The van der Waals surface area contributed by atoms with Crippen LogP contribution in [0.2, 0.25) is 10.0 Å². The molecule has 0 radical (unpaired) electrons. The van der Waals surface area contributed by atoms with Crippen LogP contribution in [0.15, 0.2) is 24.3 Å². The van der Waals surface area contributed by atoms with Crippen molar-refractivity contribution in [2.45, 2.75) is 26.6 Å². The van der Waals surface area contributed by atoms with Gasteiger partial charge in [0.2, 0.25) is 0 Å². The van der Waals surface area contributed by atoms with Crippen LogP contribution in [0.3, 0.4) is 0 Å². The molecule has 0 bridgehead atoms. The van der Waals surface area contributed by atoms with E-state index in [-0.39, 0.29) is 21.7 Å². The lowest BCUT2D eigenvalue weighted by atomic mass is 10.1. The highest BCUT2D eigenvalue weighted by molar-refractivity contribution is 6.42. The summed E-state index contributed by atoms with van der Waals surface area (Å²) in [5, 5.41) is 4.76. The van der Waals surface area contributed by atoms with E-state index < -0.39 is 11.7 Å². The van der Waals surface area contributed by atoms with Crippen molar-refractivity contribution >= 4 is 34.2 Å². The summed E-state index contributed by atoms with van der Waals surface area (Å²) in [5.41, 5.74) is 0.366. The largest absolute Gasteiger partial charge is 0.417 e. The third-order valence-corrected chi connectivity index (χ3v) is 4.44. The Morgan fingerprint density at radius 1 is 1.12 bits per heavy atom. The number of rotatable bonds is 2. The van der Waals surface area contributed by atoms with Gasteiger partial charge in [0.15, 0.2) is 5.65 Å². The van der Waals surface area contributed by atoms with Crippen LogP contribution in [0.4, 0.5) is 13.2 Å². The molecular formula is C16H12Cl2F3N3. The van der Waals surface area contributed by atoms with Crippen LogP contribution >= 0.6 is 23.2 Å². The standard InChI is InChI=1S/C16H12Cl2F3N3/c1-3-24-15-14(8(2)23-24)10(16(19,20)21)7-13(22-15)9-4-5-11(17)12(18)6-9/h4-7H,3H2,1-2H3. The van der Waals surface area contributed by atoms with Crippen molar-refractivity contribution < 1.29 is 13.2 Å². The molecule has 0 amide bonds. The van der Waals surface area contributed by atoms with E-state index in [0.717, 1.165) is 6.07 Å². The molecule has 126 valence electrons. The van der Waals surface area contributed by atoms with Crippen molar-refractivity contribution in [1.29, 1.82) is 0 Å². The Labute approximate surface area is 146 Å². The molecule has 0 saturated carbocycles. The second-order valence-corrected chi connectivity index (χ2v) is 6.10. The Balaban J connectivity index is 2.35. The van der Waals surface area contributed by atoms with Crippen molar-refractivity contribution in [3.63, 3.8) is 0 Å². The highest BCUT2D eigenvalue weighted by Crippen LogP contribution is 2.38. The minimum absolute atomic E-state index is 0.0214. The first-order chi connectivity index (χ1) is 11.2. The summed E-state index contributed by atoms with van der Waals surface area (Å²) in [4.78, 5) is 4.38. The molecule has 0 aliphatic heterocycles. The minimum Gasteiger partial charge on any atom is -0.247 e. The number of fused-ring (bicyclic) bond motifs is 1. The summed E-state index contributed by atoms with van der Waals surface area (Å²) in [6.07, 6.45) is -4.52. The van der Waals surface area contributed by atoms with Gasteiger partial charge < -0.3 is 0 Å². The first-order valence-electron chi connectivity index (χ1n) is 7.13. The number of hydrogen-bond donors (Lipinski definition) is 0. The van der Waals surface area contributed by atoms with Crippen LogP contribution in [-0.4, -0.2) is 14.8 Å². The summed E-state index contributed by atoms with van der Waals surface area (Å²) < 4.78 is 42.1. The van der Waals surface area contributed by atoms with Crippen LogP contribution < -0.4 is 0 Å². The molecule has 0 aliphatic rings. The molecular weight excluding hydrogens is 362 g/mol. The summed E-state index contributed by atoms with van der Waals surface area (Å²) >= 11 is 11.8. The average Bonchev–Trinajstić information content (AvgIpc) is 2.84. The maximum Gasteiger partial charge on any atom is 0.417 e. The Morgan fingerprint density at radius 2 is 1.83 bits per heavy atom. The molecule has 8 heteroatoms. The average molecular weight is 374 g/mol. The fraction of sp³-hybridized carbons (Fsp3) is 0.250. The fourth-order valence-corrected chi connectivity index (χ4v) is 2.90. The summed E-state index contributed by atoms with van der Waals surface area (Å²) in [6.45, 7) is 3.76. The number of aromatic nitrogens is 3. The molecule has 0 saturated heterocycles. The molecule has 3 nitrogen and oxygen atoms in total. The number of nitrogens with zero attached hydrogens (tertiary/aromatic N) is 3. The maximum absolute atomic E-state index is 13.5. The molecule has 1 aromatic carbocycles. The van der Waals surface area contributed by atoms with Crippen LogP contribution in [0.5, 0.6) is 0 Å². The van der Waals surface area contributed by atoms with Gasteiger partial charge in [-0.3, -0.25) is 0 Å². The van der Waals surface area contributed by atoms with E-state index in [1.54, 1.807) is 19.9 Å². The summed E-state index contributed by atoms with van der Waals surface area (Å²) in [6, 6.07) is 5.64. The van der Waals surface area contributed by atoms with E-state index in [1.165, 1.54) is 16.8 Å². The van der Waals surface area contributed by atoms with E-state index >= 15 is 0 Å². The second-order valence-electron chi connectivity index (χ2n) is 5.28. The number of alkyl halides is 3. The highest BCUT2D eigenvalue weighted by Gasteiger charge is 2.35. The van der Waals surface area contributed by atoms with Crippen LogP contribution in [-0.2, 0) is 12.7 Å². The van der Waals surface area contributed by atoms with Crippen molar-refractivity contribution in [3.05, 3.63) is 45.6 Å². The van der Waals surface area contributed by atoms with E-state index in [4.69, 9.17) is 23.2 Å². The highest BCUT2D eigenvalue weighted by atomic mass is 35.5. The van der Waals surface area contributed by atoms with Crippen LogP contribution in [0.1, 0.15) is 18.2 Å². The molecule has 0 N–H and O–H groups in total. The second kappa shape index (κ2) is 5.93. The van der Waals surface area contributed by atoms with Gasteiger partial charge in [-0.25, -0.2) is 9.67 Å². The lowest BCUT2D eigenvalue weighted by molar-refractivity contribution is -0.136. The molecule has 2 heterocycles. The van der Waals surface area contributed by atoms with E-state index in [9.17, 15) is 13.2 Å². The number of benzene rings is 1. The van der Waals surface area contributed by atoms with Crippen molar-refractivity contribution in [1.82, 2.24) is 14.8 Å². The number of hydrogen-bond acceptors (Lipinski definition) is 2. The predicted octanol–water partition coefficient (Wildman–Crippen LogP) is 5.75. The maximum atomic E-state index is 13.5. The molecule has 0 atom stereocenters. The normalized spacial score (nSPS) is 12.1. The number of aryl methyl sites for hydroxylation is 2. The van der Waals surface area contributed by atoms with Gasteiger partial charge in [0.1, 0.15) is 0 Å². The van der Waals surface area contributed by atoms with Crippen molar-refractivity contribution in [2.24, 2.45) is 0 Å². The van der Waals surface area contributed by atoms with Gasteiger partial charge in [-0.15, -0.1) is 0 Å². The summed E-state index contributed by atoms with van der Waals surface area (Å²) in [7, 11) is 0. The topological polar surface area (TPSA) is 30.7 Å². The molecule has 3 rings (SSSR count). The molecule has 2 aromatic heterocycles. The van der Waals surface area contributed by atoms with Gasteiger partial charge in [0, 0.05) is 12.1 Å². The van der Waals surface area contributed by atoms with Gasteiger partial charge in [0.25, 0.3) is 0 Å². The predicted molar refractivity (Wildman–Crippen MR) is 88.4 cm³/mol. The Hall–Kier alpha value is -1.79. The fourth-order valence-electron chi connectivity index (χ4n) is 2.60. The zero-order valence-electron chi connectivity index (χ0n) is 12.7. The molecule has 0 unspecified atom stereocenters. The van der Waals surface area contributed by atoms with Crippen LogP contribution in [0, 0.1) is 6.92 Å². The number of halogens is 5. The summed E-state index contributed by atoms with van der Waals surface area (Å²) in [5.74, 6) is 0. The first kappa shape index (κ1) is 17.0. The monoisotopic (exact) mass is 373 g/mol. The smallest absolute Gasteiger partial charge is 0.247 e. The van der Waals surface area contributed by atoms with Crippen LogP contribution in [0.25, 0.3) is 22.3 Å². The van der Waals surface area contributed by atoms with Gasteiger partial charge in [-0.1, -0.05) is 29.3 Å². The van der Waals surface area contributed by atoms with E-state index in [2.05, 4.69) is 10.1 Å². The molecule has 24 heavy (non-hydrogen) atoms. The van der Waals surface area contributed by atoms with Gasteiger partial charge in [-0.2, -0.15) is 18.3 Å². The lowest BCUT2D eigenvalue weighted by Gasteiger charge is -2.12. The minimum atomic E-state index is -4.52. The SMILES string of the molecule is CCn1nc(C)c2c(C(F)(F)F)cc(-c3ccc(Cl)c(Cl)c3)nc21. The zero-order valence-corrected chi connectivity index (χ0v) is 14.3. The third kappa shape index (κ3) is 2.84. The van der Waals surface area contributed by atoms with E-state index in [0.29, 0.717) is 22.8 Å². The Bertz CT molecular complexity index is 932. The number of pyridine rings is 1. The Kier molecular flexibility index (Phi) is 4.21. The lowest BCUT2D eigenvalue weighted by Crippen LogP contribution is -2.08. The molecule has 0 fully saturated rings.